The number of hydrogen-bond acceptors (Lipinski definition) is 2. The van der Waals surface area contributed by atoms with Crippen LogP contribution in [0.4, 0.5) is 4.39 Å². The Labute approximate surface area is 47.5 Å². The predicted octanol–water partition coefficient (Wildman–Crippen LogP) is 1.58. The Morgan fingerprint density at radius 1 is 1.86 bits per heavy atom. The van der Waals surface area contributed by atoms with Crippen molar-refractivity contribution >= 4 is 15.9 Å². The molecule has 4 heteroatoms. The Kier molecular flexibility index (Phi) is 1.10. The van der Waals surface area contributed by atoms with Gasteiger partial charge in [-0.1, -0.05) is 0 Å². The second kappa shape index (κ2) is 1.61. The Morgan fingerprint density at radius 2 is 2.57 bits per heavy atom. The highest BCUT2D eigenvalue weighted by Gasteiger charge is 1.94. The van der Waals surface area contributed by atoms with E-state index < -0.39 is 6.14 Å². The second-order valence-corrected chi connectivity index (χ2v) is 1.70. The summed E-state index contributed by atoms with van der Waals surface area (Å²) in [6.45, 7) is 0. The molecule has 1 heterocycles. The van der Waals surface area contributed by atoms with Crippen molar-refractivity contribution in [3.8, 4) is 0 Å². The van der Waals surface area contributed by atoms with Crippen LogP contribution in [-0.4, -0.2) is 4.98 Å². The lowest BCUT2D eigenvalue weighted by molar-refractivity contribution is 0.325. The fourth-order valence-electron chi connectivity index (χ4n) is 0.235. The number of nitrogens with zero attached hydrogens (tertiary/aromatic N) is 1. The quantitative estimate of drug-likeness (QED) is 0.584. The fourth-order valence-corrected chi connectivity index (χ4v) is 0.471. The molecule has 7 heavy (non-hydrogen) atoms. The largest absolute Gasteiger partial charge is 0.408 e. The van der Waals surface area contributed by atoms with Crippen LogP contribution < -0.4 is 0 Å². The zero-order valence-electron chi connectivity index (χ0n) is 3.19. The van der Waals surface area contributed by atoms with E-state index >= 15 is 0 Å². The number of rotatable bonds is 0. The van der Waals surface area contributed by atoms with E-state index in [1.807, 2.05) is 0 Å². The molecule has 0 aliphatic carbocycles. The van der Waals surface area contributed by atoms with Crippen LogP contribution in [-0.2, 0) is 0 Å². The van der Waals surface area contributed by atoms with Gasteiger partial charge in [-0.2, -0.15) is 4.98 Å². The molecule has 0 bridgehead atoms. The van der Waals surface area contributed by atoms with E-state index in [0.29, 0.717) is 4.67 Å². The van der Waals surface area contributed by atoms with Crippen LogP contribution >= 0.6 is 15.9 Å². The van der Waals surface area contributed by atoms with Gasteiger partial charge in [0.05, 0.1) is 6.20 Å². The zero-order chi connectivity index (χ0) is 5.28. The van der Waals surface area contributed by atoms with E-state index in [0.717, 1.165) is 0 Å². The third-order valence-electron chi connectivity index (χ3n) is 0.449. The van der Waals surface area contributed by atoms with E-state index in [9.17, 15) is 4.39 Å². The summed E-state index contributed by atoms with van der Waals surface area (Å²) in [6.07, 6.45) is 0.432. The summed E-state index contributed by atoms with van der Waals surface area (Å²) in [7, 11) is 0. The first-order valence-corrected chi connectivity index (χ1v) is 2.35. The third kappa shape index (κ3) is 0.991. The molecule has 0 aliphatic rings. The molecule has 0 aromatic carbocycles. The molecule has 0 spiro atoms. The number of halogens is 2. The van der Waals surface area contributed by atoms with Gasteiger partial charge in [-0.25, -0.2) is 0 Å². The molecule has 2 nitrogen and oxygen atoms in total. The van der Waals surface area contributed by atoms with Gasteiger partial charge in [-0.05, 0) is 15.9 Å². The van der Waals surface area contributed by atoms with Crippen molar-refractivity contribution in [3.63, 3.8) is 0 Å². The monoisotopic (exact) mass is 165 g/mol. The third-order valence-corrected chi connectivity index (χ3v) is 0.816. The molecule has 0 N–H and O–H groups in total. The molecule has 0 aliphatic heterocycles. The lowest BCUT2D eigenvalue weighted by Gasteiger charge is -1.67. The maximum absolute atomic E-state index is 11.6. The molecule has 0 unspecified atom stereocenters. The summed E-state index contributed by atoms with van der Waals surface area (Å²) in [6, 6.07) is 0. The minimum atomic E-state index is -0.813. The standard InChI is InChI=1S/C3HBrFNO/c4-2-1-6-3(5)7-2/h1H. The van der Waals surface area contributed by atoms with Gasteiger partial charge in [-0.15, -0.1) is 4.39 Å². The SMILES string of the molecule is Fc1ncc(Br)o1. The molecule has 0 fully saturated rings. The summed E-state index contributed by atoms with van der Waals surface area (Å²) in [5.41, 5.74) is 0. The van der Waals surface area contributed by atoms with Gasteiger partial charge in [0.15, 0.2) is 4.67 Å². The summed E-state index contributed by atoms with van der Waals surface area (Å²) >= 11 is 2.86. The minimum absolute atomic E-state index is 0.310. The van der Waals surface area contributed by atoms with Gasteiger partial charge in [0.2, 0.25) is 0 Å². The van der Waals surface area contributed by atoms with Crippen molar-refractivity contribution in [1.82, 2.24) is 4.98 Å². The van der Waals surface area contributed by atoms with Crippen molar-refractivity contribution in [2.45, 2.75) is 0 Å². The van der Waals surface area contributed by atoms with Gasteiger partial charge in [0, 0.05) is 0 Å². The van der Waals surface area contributed by atoms with Crippen LogP contribution in [0.3, 0.4) is 0 Å². The second-order valence-electron chi connectivity index (χ2n) is 0.917. The van der Waals surface area contributed by atoms with Crippen molar-refractivity contribution < 1.29 is 8.81 Å². The lowest BCUT2D eigenvalue weighted by atomic mass is 11.0. The summed E-state index contributed by atoms with van der Waals surface area (Å²) in [4.78, 5) is 3.14. The van der Waals surface area contributed by atoms with Crippen LogP contribution in [0.25, 0.3) is 0 Å². The van der Waals surface area contributed by atoms with E-state index in [4.69, 9.17) is 0 Å². The molecule has 0 amide bonds. The van der Waals surface area contributed by atoms with E-state index in [-0.39, 0.29) is 0 Å². The molecule has 1 aromatic heterocycles. The van der Waals surface area contributed by atoms with Gasteiger partial charge in [-0.3, -0.25) is 0 Å². The lowest BCUT2D eigenvalue weighted by Crippen LogP contribution is -1.61. The predicted molar refractivity (Wildman–Crippen MR) is 24.2 cm³/mol. The smallest absolute Gasteiger partial charge is 0.382 e. The average molecular weight is 166 g/mol. The number of oxazole rings is 1. The van der Waals surface area contributed by atoms with Crippen LogP contribution in [0.15, 0.2) is 15.3 Å². The van der Waals surface area contributed by atoms with Crippen molar-refractivity contribution in [2.24, 2.45) is 0 Å². The summed E-state index contributed by atoms with van der Waals surface area (Å²) < 4.78 is 16.2. The molecule has 1 rings (SSSR count). The highest BCUT2D eigenvalue weighted by atomic mass is 79.9. The summed E-state index contributed by atoms with van der Waals surface area (Å²) in [5, 5.41) is 0. The average Bonchev–Trinajstić information content (AvgIpc) is 1.87. The van der Waals surface area contributed by atoms with Gasteiger partial charge in [0.1, 0.15) is 0 Å². The Bertz CT molecular complexity index is 147. The first-order valence-electron chi connectivity index (χ1n) is 1.56. The fraction of sp³-hybridized carbons (Fsp3) is 0. The molecular weight excluding hydrogens is 165 g/mol. The number of aromatic nitrogens is 1. The van der Waals surface area contributed by atoms with Gasteiger partial charge >= 0.3 is 6.14 Å². The van der Waals surface area contributed by atoms with E-state index in [1.54, 1.807) is 0 Å². The normalized spacial score (nSPS) is 9.43. The first kappa shape index (κ1) is 4.77. The first-order chi connectivity index (χ1) is 3.29. The minimum Gasteiger partial charge on any atom is -0.408 e. The van der Waals surface area contributed by atoms with Crippen molar-refractivity contribution in [2.75, 3.05) is 0 Å². The molecule has 0 saturated heterocycles. The van der Waals surface area contributed by atoms with Crippen LogP contribution in [0, 0.1) is 6.14 Å². The molecule has 38 valence electrons. The van der Waals surface area contributed by atoms with E-state index in [2.05, 4.69) is 25.3 Å². The van der Waals surface area contributed by atoms with Crippen LogP contribution in [0.1, 0.15) is 0 Å². The maximum atomic E-state index is 11.6. The Hall–Kier alpha value is -0.380. The van der Waals surface area contributed by atoms with Crippen molar-refractivity contribution in [3.05, 3.63) is 17.0 Å². The zero-order valence-corrected chi connectivity index (χ0v) is 4.77. The van der Waals surface area contributed by atoms with Crippen molar-refractivity contribution in [1.29, 1.82) is 0 Å². The molecule has 0 saturated carbocycles. The molecule has 1 aromatic rings. The van der Waals surface area contributed by atoms with Gasteiger partial charge in [0.25, 0.3) is 0 Å². The number of hydrogen-bond donors (Lipinski definition) is 0. The Balaban J connectivity index is 3.04. The molecule has 0 radical (unpaired) electrons. The van der Waals surface area contributed by atoms with E-state index in [1.165, 1.54) is 6.20 Å². The molecular formula is C3HBrFNO. The van der Waals surface area contributed by atoms with Crippen LogP contribution in [0.2, 0.25) is 0 Å². The maximum Gasteiger partial charge on any atom is 0.382 e. The Morgan fingerprint density at radius 3 is 2.71 bits per heavy atom. The highest BCUT2D eigenvalue weighted by molar-refractivity contribution is 9.10. The summed E-state index contributed by atoms with van der Waals surface area (Å²) in [5.74, 6) is 0. The molecule has 0 atom stereocenters. The topological polar surface area (TPSA) is 26.0 Å². The van der Waals surface area contributed by atoms with Crippen LogP contribution in [0.5, 0.6) is 0 Å². The highest BCUT2D eigenvalue weighted by Crippen LogP contribution is 2.07. The van der Waals surface area contributed by atoms with Gasteiger partial charge < -0.3 is 4.42 Å².